The maximum atomic E-state index is 4.91. The lowest BCUT2D eigenvalue weighted by molar-refractivity contribution is 0.319. The monoisotopic (exact) mass is 552 g/mol. The predicted molar refractivity (Wildman–Crippen MR) is 165 cm³/mol. The first kappa shape index (κ1) is 26.5. The minimum absolute atomic E-state index is 0.205. The lowest BCUT2D eigenvalue weighted by atomic mass is 9.71. The van der Waals surface area contributed by atoms with Crippen LogP contribution in [0.5, 0.6) is 0 Å². The Labute approximate surface area is 243 Å². The van der Waals surface area contributed by atoms with Gasteiger partial charge in [-0.15, -0.1) is 25.3 Å². The Balaban J connectivity index is 1.32. The average Bonchev–Trinajstić information content (AvgIpc) is 3.41. The van der Waals surface area contributed by atoms with Gasteiger partial charge in [0.1, 0.15) is 0 Å². The van der Waals surface area contributed by atoms with E-state index in [4.69, 9.17) is 35.2 Å². The van der Waals surface area contributed by atoms with Gasteiger partial charge < -0.3 is 0 Å². The second-order valence-corrected chi connectivity index (χ2v) is 12.8. The summed E-state index contributed by atoms with van der Waals surface area (Å²) in [5.41, 5.74) is 6.87. The van der Waals surface area contributed by atoms with Gasteiger partial charge in [0.05, 0.1) is 11.4 Å². The van der Waals surface area contributed by atoms with E-state index in [1.165, 1.54) is 68.9 Å². The molecule has 39 heavy (non-hydrogen) atoms. The summed E-state index contributed by atoms with van der Waals surface area (Å²) in [7, 11) is 0. The van der Waals surface area contributed by atoms with Crippen molar-refractivity contribution in [1.82, 2.24) is 19.9 Å². The predicted octanol–water partition coefficient (Wildman–Crippen LogP) is 8.90. The van der Waals surface area contributed by atoms with Crippen LogP contribution in [0.25, 0.3) is 34.2 Å². The number of hydrogen-bond acceptors (Lipinski definition) is 6. The van der Waals surface area contributed by atoms with Gasteiger partial charge >= 0.3 is 0 Å². The fourth-order valence-corrected chi connectivity index (χ4v) is 7.12. The van der Waals surface area contributed by atoms with E-state index in [1.54, 1.807) is 12.4 Å². The Morgan fingerprint density at radius 1 is 0.564 bits per heavy atom. The van der Waals surface area contributed by atoms with E-state index in [2.05, 4.69) is 60.2 Å². The number of benzene rings is 2. The second kappa shape index (κ2) is 10.7. The Kier molecular flexibility index (Phi) is 7.28. The van der Waals surface area contributed by atoms with Crippen LogP contribution in [0.1, 0.15) is 82.8 Å². The first-order valence-corrected chi connectivity index (χ1v) is 15.1. The zero-order valence-electron chi connectivity index (χ0n) is 22.8. The van der Waals surface area contributed by atoms with Crippen molar-refractivity contribution in [3.05, 3.63) is 72.1 Å². The molecule has 0 atom stereocenters. The molecule has 0 bridgehead atoms. The van der Waals surface area contributed by atoms with E-state index in [1.807, 2.05) is 12.1 Å². The van der Waals surface area contributed by atoms with Crippen molar-refractivity contribution in [3.8, 4) is 34.2 Å². The molecular formula is C33H36N4S2. The first-order chi connectivity index (χ1) is 18.8. The molecular weight excluding hydrogens is 517 g/mol. The third kappa shape index (κ3) is 5.26. The molecule has 2 saturated carbocycles. The third-order valence-electron chi connectivity index (χ3n) is 9.12. The maximum Gasteiger partial charge on any atom is 0.198 e. The highest BCUT2D eigenvalue weighted by Crippen LogP contribution is 2.43. The van der Waals surface area contributed by atoms with Crippen LogP contribution >= 0.6 is 25.3 Å². The van der Waals surface area contributed by atoms with E-state index < -0.39 is 0 Å². The van der Waals surface area contributed by atoms with Gasteiger partial charge in [-0.1, -0.05) is 64.2 Å². The summed E-state index contributed by atoms with van der Waals surface area (Å²) in [5.74, 6) is 1.01. The molecule has 2 fully saturated rings. The van der Waals surface area contributed by atoms with Crippen molar-refractivity contribution < 1.29 is 0 Å². The summed E-state index contributed by atoms with van der Waals surface area (Å²) < 4.78 is 0. The molecule has 4 nitrogen and oxygen atoms in total. The van der Waals surface area contributed by atoms with Crippen molar-refractivity contribution in [2.24, 2.45) is 0 Å². The zero-order valence-corrected chi connectivity index (χ0v) is 24.6. The minimum Gasteiger partial charge on any atom is -0.234 e. The summed E-state index contributed by atoms with van der Waals surface area (Å²) in [4.78, 5) is 20.7. The number of thiol groups is 2. The highest BCUT2D eigenvalue weighted by atomic mass is 32.1. The average molecular weight is 553 g/mol. The van der Waals surface area contributed by atoms with Gasteiger partial charge in [0.15, 0.2) is 11.6 Å². The van der Waals surface area contributed by atoms with Crippen LogP contribution in [0.3, 0.4) is 0 Å². The lowest BCUT2D eigenvalue weighted by Gasteiger charge is -2.34. The van der Waals surface area contributed by atoms with Crippen molar-refractivity contribution in [2.75, 3.05) is 0 Å². The molecule has 0 amide bonds. The van der Waals surface area contributed by atoms with Crippen molar-refractivity contribution in [1.29, 1.82) is 0 Å². The van der Waals surface area contributed by atoms with Gasteiger partial charge in [-0.2, -0.15) is 0 Å². The summed E-state index contributed by atoms with van der Waals surface area (Å²) >= 11 is 9.66. The van der Waals surface area contributed by atoms with Gasteiger partial charge in [-0.25, -0.2) is 19.9 Å². The summed E-state index contributed by atoms with van der Waals surface area (Å²) in [6, 6.07) is 17.1. The summed E-state index contributed by atoms with van der Waals surface area (Å²) in [5, 5.41) is 0. The molecule has 4 aromatic rings. The highest BCUT2D eigenvalue weighted by molar-refractivity contribution is 7.80. The van der Waals surface area contributed by atoms with Gasteiger partial charge in [0.25, 0.3) is 0 Å². The molecule has 2 heterocycles. The molecule has 0 saturated heterocycles. The molecule has 2 aliphatic rings. The number of hydrogen-bond donors (Lipinski definition) is 2. The van der Waals surface area contributed by atoms with E-state index in [9.17, 15) is 0 Å². The Hall–Kier alpha value is -2.70. The largest absolute Gasteiger partial charge is 0.234 e. The first-order valence-electron chi connectivity index (χ1n) is 14.2. The molecule has 2 aromatic carbocycles. The van der Waals surface area contributed by atoms with E-state index >= 15 is 0 Å². The van der Waals surface area contributed by atoms with Crippen LogP contribution in [-0.4, -0.2) is 19.9 Å². The lowest BCUT2D eigenvalue weighted by Crippen LogP contribution is -2.25. The molecule has 200 valence electrons. The smallest absolute Gasteiger partial charge is 0.198 e. The minimum atomic E-state index is 0.205. The Morgan fingerprint density at radius 2 is 1.08 bits per heavy atom. The summed E-state index contributed by atoms with van der Waals surface area (Å²) in [6.07, 6.45) is 15.0. The third-order valence-corrected chi connectivity index (χ3v) is 9.88. The molecule has 6 rings (SSSR count). The SMILES string of the molecule is CC1(c2ccc(S)c(-c3ccnc(-c4nccc(-c5ccc(C6(C)CCCC6)cc5S)n4)n3)c2)CCCCC1. The molecule has 0 N–H and O–H groups in total. The van der Waals surface area contributed by atoms with Crippen LogP contribution in [0.4, 0.5) is 0 Å². The quantitative estimate of drug-likeness (QED) is 0.243. The molecule has 0 radical (unpaired) electrons. The standard InChI is InChI=1S/C33H36N4S2/c1-32(14-4-3-5-15-32)22-9-11-28(38)25(20-22)27-13-19-35-31(37-27)30-34-18-12-26(36-30)24-10-8-23(21-29(24)39)33(2)16-6-7-17-33/h8-13,18-21,38-39H,3-7,14-17H2,1-2H3. The zero-order chi connectivity index (χ0) is 27.0. The Bertz CT molecular complexity index is 1500. The van der Waals surface area contributed by atoms with E-state index in [0.29, 0.717) is 11.6 Å². The van der Waals surface area contributed by atoms with Crippen molar-refractivity contribution in [2.45, 2.75) is 92.3 Å². The Morgan fingerprint density at radius 3 is 1.67 bits per heavy atom. The van der Waals surface area contributed by atoms with Gasteiger partial charge in [-0.3, -0.25) is 0 Å². The van der Waals surface area contributed by atoms with E-state index in [0.717, 1.165) is 32.3 Å². The van der Waals surface area contributed by atoms with Gasteiger partial charge in [0.2, 0.25) is 0 Å². The van der Waals surface area contributed by atoms with Crippen molar-refractivity contribution in [3.63, 3.8) is 0 Å². The van der Waals surface area contributed by atoms with Gasteiger partial charge in [0, 0.05) is 33.3 Å². The molecule has 0 aliphatic heterocycles. The number of rotatable bonds is 5. The molecule has 2 aromatic heterocycles. The van der Waals surface area contributed by atoms with Gasteiger partial charge in [-0.05, 0) is 78.0 Å². The van der Waals surface area contributed by atoms with Crippen LogP contribution in [0.15, 0.2) is 70.7 Å². The molecule has 2 aliphatic carbocycles. The van der Waals surface area contributed by atoms with E-state index in [-0.39, 0.29) is 10.8 Å². The molecule has 0 spiro atoms. The second-order valence-electron chi connectivity index (χ2n) is 11.9. The summed E-state index contributed by atoms with van der Waals surface area (Å²) in [6.45, 7) is 4.77. The highest BCUT2D eigenvalue weighted by Gasteiger charge is 2.31. The number of aromatic nitrogens is 4. The fourth-order valence-electron chi connectivity index (χ4n) is 6.54. The number of nitrogens with zero attached hydrogens (tertiary/aromatic N) is 4. The topological polar surface area (TPSA) is 51.6 Å². The van der Waals surface area contributed by atoms with Crippen LogP contribution in [0, 0.1) is 0 Å². The molecule has 0 unspecified atom stereocenters. The fraction of sp³-hybridized carbons (Fsp3) is 0.394. The normalized spacial score (nSPS) is 18.3. The molecule has 6 heteroatoms. The van der Waals surface area contributed by atoms with Crippen LogP contribution in [0.2, 0.25) is 0 Å². The van der Waals surface area contributed by atoms with Crippen LogP contribution < -0.4 is 0 Å². The van der Waals surface area contributed by atoms with Crippen LogP contribution in [-0.2, 0) is 10.8 Å². The van der Waals surface area contributed by atoms with Crippen molar-refractivity contribution >= 4 is 25.3 Å². The maximum absolute atomic E-state index is 4.91.